The minimum atomic E-state index is 0.603. The fourth-order valence-corrected chi connectivity index (χ4v) is 5.23. The summed E-state index contributed by atoms with van der Waals surface area (Å²) in [6, 6.07) is 4.82. The van der Waals surface area contributed by atoms with Crippen molar-refractivity contribution in [2.75, 3.05) is 24.5 Å². The molecule has 1 aliphatic heterocycles. The summed E-state index contributed by atoms with van der Waals surface area (Å²) in [5.41, 5.74) is 1.26. The Kier molecular flexibility index (Phi) is 5.54. The number of benzene rings is 1. The molecule has 18 heavy (non-hydrogen) atoms. The van der Waals surface area contributed by atoms with Gasteiger partial charge in [-0.2, -0.15) is 0 Å². The molecule has 1 fully saturated rings. The lowest BCUT2D eigenvalue weighted by atomic mass is 10.0. The van der Waals surface area contributed by atoms with Gasteiger partial charge in [-0.3, -0.25) is 0 Å². The summed E-state index contributed by atoms with van der Waals surface area (Å²) in [4.78, 5) is 2.46. The van der Waals surface area contributed by atoms with Crippen molar-refractivity contribution in [3.05, 3.63) is 25.6 Å². The predicted octanol–water partition coefficient (Wildman–Crippen LogP) is 4.55. The lowest BCUT2D eigenvalue weighted by molar-refractivity contribution is 0.431. The molecular weight excluding hydrogens is 424 g/mol. The first kappa shape index (κ1) is 14.8. The van der Waals surface area contributed by atoms with Gasteiger partial charge in [0.1, 0.15) is 0 Å². The Balaban J connectivity index is 2.20. The summed E-state index contributed by atoms with van der Waals surface area (Å²) in [5.74, 6) is 0. The predicted molar refractivity (Wildman–Crippen MR) is 88.5 cm³/mol. The van der Waals surface area contributed by atoms with E-state index < -0.39 is 0 Å². The van der Waals surface area contributed by atoms with E-state index in [0.717, 1.165) is 33.1 Å². The van der Waals surface area contributed by atoms with Gasteiger partial charge < -0.3 is 10.2 Å². The Morgan fingerprint density at radius 3 is 2.56 bits per heavy atom. The first-order valence-electron chi connectivity index (χ1n) is 6.24. The van der Waals surface area contributed by atoms with E-state index in [9.17, 15) is 0 Å². The molecule has 5 heteroatoms. The van der Waals surface area contributed by atoms with Gasteiger partial charge in [-0.1, -0.05) is 22.9 Å². The molecule has 1 unspecified atom stereocenters. The van der Waals surface area contributed by atoms with E-state index in [4.69, 9.17) is 0 Å². The van der Waals surface area contributed by atoms with Crippen LogP contribution in [0, 0.1) is 0 Å². The highest BCUT2D eigenvalue weighted by atomic mass is 79.9. The van der Waals surface area contributed by atoms with Crippen LogP contribution in [0.15, 0.2) is 25.6 Å². The van der Waals surface area contributed by atoms with E-state index in [1.807, 2.05) is 0 Å². The van der Waals surface area contributed by atoms with E-state index in [-0.39, 0.29) is 0 Å². The Hall–Kier alpha value is 0.420. The normalized spacial score (nSPS) is 20.2. The molecule has 0 saturated carbocycles. The molecule has 0 spiro atoms. The molecule has 1 saturated heterocycles. The SMILES string of the molecule is CCNC1CCCN(c2c(Br)cc(Br)cc2Br)C1. The molecule has 1 aromatic rings. The molecule has 0 aromatic heterocycles. The van der Waals surface area contributed by atoms with Crippen molar-refractivity contribution in [3.8, 4) is 0 Å². The van der Waals surface area contributed by atoms with Crippen LogP contribution in [-0.4, -0.2) is 25.7 Å². The summed E-state index contributed by atoms with van der Waals surface area (Å²) in [5, 5.41) is 3.55. The Bertz CT molecular complexity index is 398. The average molecular weight is 441 g/mol. The lowest BCUT2D eigenvalue weighted by Gasteiger charge is -2.36. The molecule has 1 aliphatic rings. The van der Waals surface area contributed by atoms with Gasteiger partial charge in [-0.25, -0.2) is 0 Å². The van der Waals surface area contributed by atoms with Gasteiger partial charge in [-0.15, -0.1) is 0 Å². The van der Waals surface area contributed by atoms with Crippen LogP contribution in [0.1, 0.15) is 19.8 Å². The van der Waals surface area contributed by atoms with Gasteiger partial charge in [0.2, 0.25) is 0 Å². The second-order valence-corrected chi connectivity index (χ2v) is 7.19. The van der Waals surface area contributed by atoms with Crippen LogP contribution < -0.4 is 10.2 Å². The molecule has 1 N–H and O–H groups in total. The van der Waals surface area contributed by atoms with Gasteiger partial charge in [-0.05, 0) is 63.4 Å². The molecule has 0 aliphatic carbocycles. The number of piperidine rings is 1. The third-order valence-electron chi connectivity index (χ3n) is 3.21. The molecule has 100 valence electrons. The van der Waals surface area contributed by atoms with Crippen molar-refractivity contribution >= 4 is 53.5 Å². The van der Waals surface area contributed by atoms with E-state index in [2.05, 4.69) is 77.1 Å². The summed E-state index contributed by atoms with van der Waals surface area (Å²) in [7, 11) is 0. The van der Waals surface area contributed by atoms with Crippen LogP contribution >= 0.6 is 47.8 Å². The molecule has 1 atom stereocenters. The van der Waals surface area contributed by atoms with E-state index in [1.54, 1.807) is 0 Å². The second kappa shape index (κ2) is 6.73. The van der Waals surface area contributed by atoms with Crippen LogP contribution in [-0.2, 0) is 0 Å². The van der Waals surface area contributed by atoms with E-state index in [1.165, 1.54) is 18.5 Å². The summed E-state index contributed by atoms with van der Waals surface area (Å²) >= 11 is 10.9. The Morgan fingerprint density at radius 2 is 1.94 bits per heavy atom. The number of nitrogens with zero attached hydrogens (tertiary/aromatic N) is 1. The van der Waals surface area contributed by atoms with Crippen molar-refractivity contribution in [2.24, 2.45) is 0 Å². The summed E-state index contributed by atoms with van der Waals surface area (Å²) in [6.45, 7) is 5.42. The standard InChI is InChI=1S/C13H17Br3N2/c1-2-17-10-4-3-5-18(8-10)13-11(15)6-9(14)7-12(13)16/h6-7,10,17H,2-5,8H2,1H3. The maximum atomic E-state index is 3.67. The van der Waals surface area contributed by atoms with Crippen LogP contribution in [0.2, 0.25) is 0 Å². The Morgan fingerprint density at radius 1 is 1.28 bits per heavy atom. The molecule has 0 amide bonds. The summed E-state index contributed by atoms with van der Waals surface area (Å²) in [6.07, 6.45) is 2.52. The van der Waals surface area contributed by atoms with Crippen LogP contribution in [0.4, 0.5) is 5.69 Å². The average Bonchev–Trinajstić information content (AvgIpc) is 2.28. The third-order valence-corrected chi connectivity index (χ3v) is 4.88. The zero-order chi connectivity index (χ0) is 13.1. The van der Waals surface area contributed by atoms with Gasteiger partial charge in [0.25, 0.3) is 0 Å². The number of nitrogens with one attached hydrogen (secondary N) is 1. The van der Waals surface area contributed by atoms with Crippen LogP contribution in [0.3, 0.4) is 0 Å². The van der Waals surface area contributed by atoms with Crippen molar-refractivity contribution in [3.63, 3.8) is 0 Å². The number of anilines is 1. The number of halogens is 3. The van der Waals surface area contributed by atoms with E-state index >= 15 is 0 Å². The monoisotopic (exact) mass is 438 g/mol. The number of rotatable bonds is 3. The highest BCUT2D eigenvalue weighted by molar-refractivity contribution is 9.11. The van der Waals surface area contributed by atoms with Crippen LogP contribution in [0.5, 0.6) is 0 Å². The fourth-order valence-electron chi connectivity index (χ4n) is 2.47. The minimum absolute atomic E-state index is 0.603. The van der Waals surface area contributed by atoms with Crippen molar-refractivity contribution < 1.29 is 0 Å². The smallest absolute Gasteiger partial charge is 0.0656 e. The van der Waals surface area contributed by atoms with Gasteiger partial charge >= 0.3 is 0 Å². The van der Waals surface area contributed by atoms with Gasteiger partial charge in [0, 0.05) is 32.5 Å². The van der Waals surface area contributed by atoms with Crippen molar-refractivity contribution in [1.29, 1.82) is 0 Å². The third kappa shape index (κ3) is 3.50. The fraction of sp³-hybridized carbons (Fsp3) is 0.538. The minimum Gasteiger partial charge on any atom is -0.368 e. The Labute approximate surface area is 134 Å². The first-order valence-corrected chi connectivity index (χ1v) is 8.62. The molecule has 0 bridgehead atoms. The molecule has 1 aromatic carbocycles. The maximum absolute atomic E-state index is 3.67. The highest BCUT2D eigenvalue weighted by Gasteiger charge is 2.22. The zero-order valence-corrected chi connectivity index (χ0v) is 15.1. The van der Waals surface area contributed by atoms with Crippen LogP contribution in [0.25, 0.3) is 0 Å². The largest absolute Gasteiger partial charge is 0.368 e. The van der Waals surface area contributed by atoms with E-state index in [0.29, 0.717) is 6.04 Å². The van der Waals surface area contributed by atoms with Crippen molar-refractivity contribution in [2.45, 2.75) is 25.8 Å². The number of likely N-dealkylation sites (N-methyl/N-ethyl adjacent to an activating group) is 1. The molecule has 2 nitrogen and oxygen atoms in total. The number of hydrogen-bond donors (Lipinski definition) is 1. The van der Waals surface area contributed by atoms with Gasteiger partial charge in [0.15, 0.2) is 0 Å². The van der Waals surface area contributed by atoms with Crippen molar-refractivity contribution in [1.82, 2.24) is 5.32 Å². The first-order chi connectivity index (χ1) is 8.61. The second-order valence-electron chi connectivity index (χ2n) is 4.56. The summed E-state index contributed by atoms with van der Waals surface area (Å²) < 4.78 is 3.37. The maximum Gasteiger partial charge on any atom is 0.0656 e. The molecule has 2 rings (SSSR count). The number of hydrogen-bond acceptors (Lipinski definition) is 2. The highest BCUT2D eigenvalue weighted by Crippen LogP contribution is 2.38. The zero-order valence-electron chi connectivity index (χ0n) is 10.3. The molecule has 1 heterocycles. The molecular formula is C13H17Br3N2. The lowest BCUT2D eigenvalue weighted by Crippen LogP contribution is -2.45. The quantitative estimate of drug-likeness (QED) is 0.741. The molecule has 0 radical (unpaired) electrons. The van der Waals surface area contributed by atoms with Gasteiger partial charge in [0.05, 0.1) is 5.69 Å². The topological polar surface area (TPSA) is 15.3 Å².